The Morgan fingerprint density at radius 3 is 2.68 bits per heavy atom. The van der Waals surface area contributed by atoms with Gasteiger partial charge < -0.3 is 14.6 Å². The Labute approximate surface area is 182 Å². The summed E-state index contributed by atoms with van der Waals surface area (Å²) in [5.74, 6) is 0.553. The fourth-order valence-corrected chi connectivity index (χ4v) is 5.47. The van der Waals surface area contributed by atoms with Crippen LogP contribution in [0.1, 0.15) is 25.0 Å². The number of likely N-dealkylation sites (N-methyl/N-ethyl adjacent to an activating group) is 1. The van der Waals surface area contributed by atoms with E-state index < -0.39 is 10.0 Å². The molecule has 1 N–H and O–H groups in total. The number of nitrogens with zero attached hydrogens (tertiary/aromatic N) is 2. The predicted molar refractivity (Wildman–Crippen MR) is 122 cm³/mol. The lowest BCUT2D eigenvalue weighted by Crippen LogP contribution is -2.38. The van der Waals surface area contributed by atoms with Crippen molar-refractivity contribution in [1.29, 1.82) is 0 Å². The molecule has 0 atom stereocenters. The van der Waals surface area contributed by atoms with Crippen molar-refractivity contribution in [1.82, 2.24) is 9.29 Å². The molecule has 4 rings (SSSR count). The maximum atomic E-state index is 13.5. The van der Waals surface area contributed by atoms with Crippen LogP contribution in [-0.2, 0) is 16.6 Å². The quantitative estimate of drug-likeness (QED) is 0.657. The molecule has 1 aliphatic rings. The van der Waals surface area contributed by atoms with E-state index in [4.69, 9.17) is 4.74 Å². The van der Waals surface area contributed by atoms with Gasteiger partial charge in [0, 0.05) is 36.8 Å². The zero-order chi connectivity index (χ0) is 22.3. The molecular formula is C23H27N3O4S. The highest BCUT2D eigenvalue weighted by Gasteiger charge is 2.29. The number of H-pyrrole nitrogens is 1. The van der Waals surface area contributed by atoms with Crippen molar-refractivity contribution in [2.24, 2.45) is 0 Å². The molecule has 0 spiro atoms. The van der Waals surface area contributed by atoms with Gasteiger partial charge in [0.05, 0.1) is 17.1 Å². The first-order valence-electron chi connectivity index (χ1n) is 10.3. The molecule has 2 heterocycles. The maximum absolute atomic E-state index is 13.5. The Hall–Kier alpha value is -2.84. The van der Waals surface area contributed by atoms with Gasteiger partial charge >= 0.3 is 0 Å². The van der Waals surface area contributed by atoms with Gasteiger partial charge in [0.25, 0.3) is 5.56 Å². The van der Waals surface area contributed by atoms with Crippen LogP contribution in [0.25, 0.3) is 10.9 Å². The number of fused-ring (bicyclic) bond motifs is 2. The fourth-order valence-electron chi connectivity index (χ4n) is 3.84. The van der Waals surface area contributed by atoms with Crippen LogP contribution in [0.4, 0.5) is 5.69 Å². The van der Waals surface area contributed by atoms with Gasteiger partial charge in [-0.15, -0.1) is 0 Å². The van der Waals surface area contributed by atoms with E-state index in [2.05, 4.69) is 4.98 Å². The average molecular weight is 442 g/mol. The van der Waals surface area contributed by atoms with E-state index >= 15 is 0 Å². The van der Waals surface area contributed by atoms with Crippen LogP contribution < -0.4 is 15.2 Å². The van der Waals surface area contributed by atoms with Crippen molar-refractivity contribution in [2.75, 3.05) is 25.1 Å². The van der Waals surface area contributed by atoms with E-state index in [-0.39, 0.29) is 23.0 Å². The smallest absolute Gasteiger partial charge is 0.252 e. The highest BCUT2D eigenvalue weighted by atomic mass is 32.2. The van der Waals surface area contributed by atoms with Crippen molar-refractivity contribution in [3.05, 3.63) is 63.9 Å². The highest BCUT2D eigenvalue weighted by Crippen LogP contribution is 2.34. The van der Waals surface area contributed by atoms with Gasteiger partial charge in [0.2, 0.25) is 10.0 Å². The SMILES string of the molecule is Cc1ccc2[nH]c(=O)c(CN(C(C)C)S(=O)(=O)c3ccc4c(c3)OCCN4C)cc2c1. The first-order valence-corrected chi connectivity index (χ1v) is 11.7. The number of hydrogen-bond donors (Lipinski definition) is 1. The molecule has 0 radical (unpaired) electrons. The Morgan fingerprint density at radius 2 is 1.94 bits per heavy atom. The van der Waals surface area contributed by atoms with Gasteiger partial charge in [-0.25, -0.2) is 8.42 Å². The fraction of sp³-hybridized carbons (Fsp3) is 0.348. The predicted octanol–water partition coefficient (Wildman–Crippen LogP) is 3.26. The molecule has 8 heteroatoms. The van der Waals surface area contributed by atoms with Gasteiger partial charge in [-0.3, -0.25) is 4.79 Å². The standard InChI is InChI=1S/C23H27N3O4S/c1-15(2)26(14-18-12-17-11-16(3)5-7-20(17)24-23(18)27)31(28,29)19-6-8-21-22(13-19)30-10-9-25(21)4/h5-8,11-13,15H,9-10,14H2,1-4H3,(H,24,27). The van der Waals surface area contributed by atoms with Crippen molar-refractivity contribution >= 4 is 26.6 Å². The van der Waals surface area contributed by atoms with Gasteiger partial charge in [-0.05, 0) is 56.5 Å². The van der Waals surface area contributed by atoms with E-state index in [9.17, 15) is 13.2 Å². The molecule has 0 unspecified atom stereocenters. The zero-order valence-corrected chi connectivity index (χ0v) is 19.0. The largest absolute Gasteiger partial charge is 0.490 e. The summed E-state index contributed by atoms with van der Waals surface area (Å²) in [6.07, 6.45) is 0. The number of benzene rings is 2. The molecule has 2 aromatic carbocycles. The van der Waals surface area contributed by atoms with E-state index in [0.29, 0.717) is 17.9 Å². The molecule has 3 aromatic rings. The summed E-state index contributed by atoms with van der Waals surface area (Å²) in [5, 5.41) is 0.876. The number of rotatable bonds is 5. The number of ether oxygens (including phenoxy) is 1. The zero-order valence-electron chi connectivity index (χ0n) is 18.2. The van der Waals surface area contributed by atoms with Crippen LogP contribution in [0.3, 0.4) is 0 Å². The third-order valence-electron chi connectivity index (χ3n) is 5.61. The number of sulfonamides is 1. The lowest BCUT2D eigenvalue weighted by atomic mass is 10.1. The summed E-state index contributed by atoms with van der Waals surface area (Å²) in [6.45, 7) is 6.83. The molecule has 0 amide bonds. The van der Waals surface area contributed by atoms with Crippen LogP contribution in [0.15, 0.2) is 52.2 Å². The maximum Gasteiger partial charge on any atom is 0.252 e. The summed E-state index contributed by atoms with van der Waals surface area (Å²) < 4.78 is 34.1. The summed E-state index contributed by atoms with van der Waals surface area (Å²) in [7, 11) is -1.90. The Morgan fingerprint density at radius 1 is 1.16 bits per heavy atom. The van der Waals surface area contributed by atoms with Crippen LogP contribution in [0.5, 0.6) is 5.75 Å². The molecular weight excluding hydrogens is 414 g/mol. The normalized spacial score (nSPS) is 14.2. The molecule has 1 aromatic heterocycles. The van der Waals surface area contributed by atoms with E-state index in [1.807, 2.05) is 37.1 Å². The first-order chi connectivity index (χ1) is 14.7. The minimum Gasteiger partial charge on any atom is -0.490 e. The van der Waals surface area contributed by atoms with E-state index in [0.717, 1.165) is 28.7 Å². The molecule has 0 fully saturated rings. The molecule has 1 aliphatic heterocycles. The number of anilines is 1. The summed E-state index contributed by atoms with van der Waals surface area (Å²) in [5.41, 5.74) is 2.78. The van der Waals surface area contributed by atoms with Gasteiger partial charge in [0.15, 0.2) is 0 Å². The Bertz CT molecular complexity index is 1300. The first kappa shape index (κ1) is 21.4. The van der Waals surface area contributed by atoms with E-state index in [1.165, 1.54) is 4.31 Å². The monoisotopic (exact) mass is 441 g/mol. The third-order valence-corrected chi connectivity index (χ3v) is 7.63. The van der Waals surface area contributed by atoms with Crippen molar-refractivity contribution in [3.63, 3.8) is 0 Å². The molecule has 7 nitrogen and oxygen atoms in total. The lowest BCUT2D eigenvalue weighted by molar-refractivity contribution is 0.309. The van der Waals surface area contributed by atoms with Gasteiger partial charge in [-0.1, -0.05) is 11.6 Å². The van der Waals surface area contributed by atoms with Gasteiger partial charge in [0.1, 0.15) is 12.4 Å². The second-order valence-electron chi connectivity index (χ2n) is 8.26. The average Bonchev–Trinajstić information content (AvgIpc) is 2.72. The molecule has 0 saturated carbocycles. The third kappa shape index (κ3) is 4.05. The van der Waals surface area contributed by atoms with Crippen molar-refractivity contribution in [3.8, 4) is 5.75 Å². The number of aromatic nitrogens is 1. The number of aromatic amines is 1. The second-order valence-corrected chi connectivity index (χ2v) is 10.1. The lowest BCUT2D eigenvalue weighted by Gasteiger charge is -2.29. The van der Waals surface area contributed by atoms with Crippen LogP contribution >= 0.6 is 0 Å². The number of aryl methyl sites for hydroxylation is 1. The number of pyridine rings is 1. The molecule has 164 valence electrons. The van der Waals surface area contributed by atoms with Crippen molar-refractivity contribution < 1.29 is 13.2 Å². The van der Waals surface area contributed by atoms with Crippen LogP contribution in [0, 0.1) is 6.92 Å². The molecule has 0 bridgehead atoms. The van der Waals surface area contributed by atoms with Crippen LogP contribution in [-0.4, -0.2) is 43.9 Å². The Balaban J connectivity index is 1.73. The summed E-state index contributed by atoms with van der Waals surface area (Å²) >= 11 is 0. The minimum atomic E-state index is -3.85. The number of hydrogen-bond acceptors (Lipinski definition) is 5. The molecule has 0 saturated heterocycles. The van der Waals surface area contributed by atoms with E-state index in [1.54, 1.807) is 38.1 Å². The van der Waals surface area contributed by atoms with Crippen LogP contribution in [0.2, 0.25) is 0 Å². The summed E-state index contributed by atoms with van der Waals surface area (Å²) in [4.78, 5) is 17.7. The highest BCUT2D eigenvalue weighted by molar-refractivity contribution is 7.89. The molecule has 31 heavy (non-hydrogen) atoms. The topological polar surface area (TPSA) is 82.7 Å². The second kappa shape index (κ2) is 8.01. The van der Waals surface area contributed by atoms with Gasteiger partial charge in [-0.2, -0.15) is 4.31 Å². The molecule has 0 aliphatic carbocycles. The number of nitrogens with one attached hydrogen (secondary N) is 1. The Kier molecular flexibility index (Phi) is 5.53. The van der Waals surface area contributed by atoms with Crippen molar-refractivity contribution in [2.45, 2.75) is 38.3 Å². The minimum absolute atomic E-state index is 0.0168. The summed E-state index contributed by atoms with van der Waals surface area (Å²) in [6, 6.07) is 12.1.